The third kappa shape index (κ3) is 6.94. The van der Waals surface area contributed by atoms with E-state index in [1.54, 1.807) is 0 Å². The van der Waals surface area contributed by atoms with E-state index in [2.05, 4.69) is 31.0 Å². The lowest BCUT2D eigenvalue weighted by molar-refractivity contribution is -0.167. The molecule has 0 aromatic carbocycles. The molecular weight excluding hydrogens is 548 g/mol. The molecule has 0 aromatic heterocycles. The standard InChI is InChI=1S/C34H62N2O5S/c1-23(2)31(41-42(38,39)40)12-9-24(3)27-10-11-28-32-29(14-16-34(27,28)5)33(4)15-13-26(21-25(33)22-30(32)37)35-17-8-20-36-18-6-7-19-36/h23-32,35,37H,6-22H2,1-5H3,(H,38,39,40)/t24-,25+,26+,27-,28?,29?,30-,31-,32?,33+,34-/m1/s1. The van der Waals surface area contributed by atoms with E-state index in [0.29, 0.717) is 53.4 Å². The molecule has 11 atom stereocenters. The third-order valence-electron chi connectivity index (χ3n) is 13.6. The molecule has 1 heterocycles. The number of nitrogens with one attached hydrogen (secondary N) is 1. The first kappa shape index (κ1) is 33.1. The van der Waals surface area contributed by atoms with Crippen molar-refractivity contribution in [3.8, 4) is 0 Å². The van der Waals surface area contributed by atoms with Crippen LogP contribution in [0, 0.1) is 52.3 Å². The lowest BCUT2D eigenvalue weighted by Gasteiger charge is -2.62. The summed E-state index contributed by atoms with van der Waals surface area (Å²) in [5.74, 6) is 3.30. The largest absolute Gasteiger partial charge is 0.397 e. The zero-order valence-electron chi connectivity index (χ0n) is 27.3. The number of fused-ring (bicyclic) bond motifs is 5. The fraction of sp³-hybridized carbons (Fsp3) is 1.00. The average molecular weight is 611 g/mol. The zero-order chi connectivity index (χ0) is 30.3. The summed E-state index contributed by atoms with van der Waals surface area (Å²) in [5, 5.41) is 15.7. The van der Waals surface area contributed by atoms with E-state index in [1.165, 1.54) is 83.8 Å². The molecule has 0 radical (unpaired) electrons. The van der Waals surface area contributed by atoms with Gasteiger partial charge in [-0.25, -0.2) is 4.18 Å². The minimum absolute atomic E-state index is 0.0211. The van der Waals surface area contributed by atoms with Gasteiger partial charge in [0.15, 0.2) is 0 Å². The Labute approximate surface area is 257 Å². The van der Waals surface area contributed by atoms with Crippen LogP contribution >= 0.6 is 0 Å². The maximum Gasteiger partial charge on any atom is 0.397 e. The Balaban J connectivity index is 1.18. The lowest BCUT2D eigenvalue weighted by Crippen LogP contribution is -2.59. The van der Waals surface area contributed by atoms with Crippen LogP contribution in [-0.4, -0.2) is 67.4 Å². The van der Waals surface area contributed by atoms with E-state index in [0.717, 1.165) is 19.4 Å². The molecule has 0 spiro atoms. The second-order valence-electron chi connectivity index (χ2n) is 16.2. The highest BCUT2D eigenvalue weighted by molar-refractivity contribution is 7.80. The van der Waals surface area contributed by atoms with E-state index >= 15 is 0 Å². The number of rotatable bonds is 12. The van der Waals surface area contributed by atoms with E-state index in [-0.39, 0.29) is 17.4 Å². The highest BCUT2D eigenvalue weighted by Gasteiger charge is 2.62. The zero-order valence-corrected chi connectivity index (χ0v) is 28.1. The molecule has 0 bridgehead atoms. The molecule has 7 nitrogen and oxygen atoms in total. The maximum atomic E-state index is 11.8. The van der Waals surface area contributed by atoms with Gasteiger partial charge in [0.25, 0.3) is 0 Å². The SMILES string of the molecule is CC(C)[C@@H](CC[C@@H](C)[C@H]1CCC2C3C(CC[C@@]21C)[C@@]1(C)CC[C@H](NCCCN2CCCC2)C[C@H]1C[C@H]3O)OS(=O)(=O)O. The summed E-state index contributed by atoms with van der Waals surface area (Å²) in [6.07, 6.45) is 14.5. The fourth-order valence-corrected chi connectivity index (χ4v) is 11.9. The Hall–Kier alpha value is -0.250. The van der Waals surface area contributed by atoms with Gasteiger partial charge in [0.05, 0.1) is 12.2 Å². The topological polar surface area (TPSA) is 99.1 Å². The van der Waals surface area contributed by atoms with Crippen molar-refractivity contribution in [3.63, 3.8) is 0 Å². The molecule has 3 N–H and O–H groups in total. The highest BCUT2D eigenvalue weighted by Crippen LogP contribution is 2.68. The number of nitrogens with zero attached hydrogens (tertiary/aromatic N) is 1. The van der Waals surface area contributed by atoms with E-state index in [1.807, 2.05) is 13.8 Å². The molecule has 5 rings (SSSR count). The quantitative estimate of drug-likeness (QED) is 0.176. The molecule has 1 aliphatic heterocycles. The summed E-state index contributed by atoms with van der Waals surface area (Å²) < 4.78 is 37.1. The molecule has 42 heavy (non-hydrogen) atoms. The predicted octanol–water partition coefficient (Wildman–Crippen LogP) is 6.32. The van der Waals surface area contributed by atoms with Crippen molar-refractivity contribution < 1.29 is 22.3 Å². The van der Waals surface area contributed by atoms with Crippen LogP contribution in [0.5, 0.6) is 0 Å². The Bertz CT molecular complexity index is 1000. The third-order valence-corrected chi connectivity index (χ3v) is 14.1. The maximum absolute atomic E-state index is 11.8. The van der Waals surface area contributed by atoms with Crippen LogP contribution in [0.1, 0.15) is 118 Å². The Kier molecular flexibility index (Phi) is 10.4. The molecule has 4 saturated carbocycles. The molecule has 0 aromatic rings. The first-order chi connectivity index (χ1) is 19.8. The van der Waals surface area contributed by atoms with E-state index in [4.69, 9.17) is 4.18 Å². The fourth-order valence-electron chi connectivity index (χ4n) is 11.3. The van der Waals surface area contributed by atoms with Crippen molar-refractivity contribution in [2.24, 2.45) is 52.3 Å². The van der Waals surface area contributed by atoms with Gasteiger partial charge in [-0.2, -0.15) is 8.42 Å². The van der Waals surface area contributed by atoms with Gasteiger partial charge >= 0.3 is 10.4 Å². The summed E-state index contributed by atoms with van der Waals surface area (Å²) in [7, 11) is -4.45. The van der Waals surface area contributed by atoms with Gasteiger partial charge in [0, 0.05) is 6.04 Å². The molecular formula is C34H62N2O5S. The second kappa shape index (κ2) is 13.2. The molecule has 0 amide bonds. The van der Waals surface area contributed by atoms with Crippen LogP contribution in [0.2, 0.25) is 0 Å². The first-order valence-electron chi connectivity index (χ1n) is 17.6. The molecule has 5 fully saturated rings. The second-order valence-corrected chi connectivity index (χ2v) is 17.3. The summed E-state index contributed by atoms with van der Waals surface area (Å²) in [6, 6.07) is 0.607. The summed E-state index contributed by atoms with van der Waals surface area (Å²) in [4.78, 5) is 2.61. The molecule has 4 aliphatic carbocycles. The van der Waals surface area contributed by atoms with Crippen molar-refractivity contribution in [1.29, 1.82) is 0 Å². The predicted molar refractivity (Wildman–Crippen MR) is 168 cm³/mol. The Morgan fingerprint density at radius 1 is 0.952 bits per heavy atom. The average Bonchev–Trinajstić information content (AvgIpc) is 3.56. The van der Waals surface area contributed by atoms with Gasteiger partial charge in [0.2, 0.25) is 0 Å². The van der Waals surface area contributed by atoms with Crippen LogP contribution in [0.4, 0.5) is 0 Å². The van der Waals surface area contributed by atoms with Crippen LogP contribution in [0.15, 0.2) is 0 Å². The first-order valence-corrected chi connectivity index (χ1v) is 19.0. The highest BCUT2D eigenvalue weighted by atomic mass is 32.3. The Morgan fingerprint density at radius 3 is 2.33 bits per heavy atom. The van der Waals surface area contributed by atoms with Gasteiger partial charge in [-0.15, -0.1) is 0 Å². The minimum atomic E-state index is -4.45. The van der Waals surface area contributed by atoms with Crippen LogP contribution in [0.3, 0.4) is 0 Å². The van der Waals surface area contributed by atoms with Gasteiger partial charge in [-0.3, -0.25) is 4.55 Å². The van der Waals surface area contributed by atoms with Crippen molar-refractivity contribution >= 4 is 10.4 Å². The monoisotopic (exact) mass is 610 g/mol. The van der Waals surface area contributed by atoms with Gasteiger partial charge in [-0.05, 0) is 162 Å². The smallest absolute Gasteiger partial charge is 0.393 e. The molecule has 244 valence electrons. The summed E-state index contributed by atoms with van der Waals surface area (Å²) in [6.45, 7) is 16.3. The number of likely N-dealkylation sites (tertiary alicyclic amines) is 1. The van der Waals surface area contributed by atoms with Gasteiger partial charge in [-0.1, -0.05) is 34.6 Å². The van der Waals surface area contributed by atoms with E-state index in [9.17, 15) is 18.1 Å². The van der Waals surface area contributed by atoms with Crippen LogP contribution < -0.4 is 5.32 Å². The lowest BCUT2D eigenvalue weighted by atomic mass is 9.43. The molecule has 5 aliphatic rings. The molecule has 3 unspecified atom stereocenters. The minimum Gasteiger partial charge on any atom is -0.393 e. The summed E-state index contributed by atoms with van der Waals surface area (Å²) in [5.41, 5.74) is 0.580. The van der Waals surface area contributed by atoms with Crippen molar-refractivity contribution in [2.75, 3.05) is 26.2 Å². The van der Waals surface area contributed by atoms with Gasteiger partial charge in [0.1, 0.15) is 0 Å². The van der Waals surface area contributed by atoms with Gasteiger partial charge < -0.3 is 15.3 Å². The van der Waals surface area contributed by atoms with E-state index < -0.39 is 16.5 Å². The number of aliphatic hydroxyl groups excluding tert-OH is 1. The molecule has 8 heteroatoms. The number of hydrogen-bond acceptors (Lipinski definition) is 6. The molecule has 1 saturated heterocycles. The van der Waals surface area contributed by atoms with Crippen LogP contribution in [-0.2, 0) is 14.6 Å². The van der Waals surface area contributed by atoms with Crippen molar-refractivity contribution in [3.05, 3.63) is 0 Å². The Morgan fingerprint density at radius 2 is 1.64 bits per heavy atom. The van der Waals surface area contributed by atoms with Crippen molar-refractivity contribution in [2.45, 2.75) is 136 Å². The summed E-state index contributed by atoms with van der Waals surface area (Å²) >= 11 is 0. The number of aliphatic hydroxyl groups is 1. The van der Waals surface area contributed by atoms with Crippen LogP contribution in [0.25, 0.3) is 0 Å². The number of hydrogen-bond donors (Lipinski definition) is 3. The normalized spacial score (nSPS) is 42.2. The van der Waals surface area contributed by atoms with Crippen molar-refractivity contribution in [1.82, 2.24) is 10.2 Å².